The number of aliphatic hydroxyl groups is 1. The summed E-state index contributed by atoms with van der Waals surface area (Å²) in [6.07, 6.45) is -1.58. The van der Waals surface area contributed by atoms with Crippen LogP contribution in [0.3, 0.4) is 0 Å². The number of hydrogen-bond acceptors (Lipinski definition) is 4. The molecule has 0 amide bonds. The zero-order valence-electron chi connectivity index (χ0n) is 7.27. The minimum absolute atomic E-state index is 0.304. The van der Waals surface area contributed by atoms with Crippen molar-refractivity contribution in [1.82, 2.24) is 0 Å². The van der Waals surface area contributed by atoms with E-state index in [0.717, 1.165) is 0 Å². The summed E-state index contributed by atoms with van der Waals surface area (Å²) < 4.78 is 15.1. The zero-order valence-corrected chi connectivity index (χ0v) is 7.27. The van der Waals surface area contributed by atoms with Gasteiger partial charge in [-0.25, -0.2) is 0 Å². The van der Waals surface area contributed by atoms with Crippen LogP contribution in [0.15, 0.2) is 0 Å². The lowest BCUT2D eigenvalue weighted by Gasteiger charge is -2.37. The Morgan fingerprint density at radius 1 is 1.42 bits per heavy atom. The maximum atomic E-state index is 9.59. The first-order chi connectivity index (χ1) is 5.70. The van der Waals surface area contributed by atoms with Crippen molar-refractivity contribution in [2.75, 3.05) is 20.8 Å². The molecule has 1 saturated heterocycles. The van der Waals surface area contributed by atoms with Crippen LogP contribution in [0.1, 0.15) is 0 Å². The molecule has 0 aromatic rings. The molecule has 1 aliphatic heterocycles. The van der Waals surface area contributed by atoms with Crippen molar-refractivity contribution < 1.29 is 19.3 Å². The van der Waals surface area contributed by atoms with E-state index in [4.69, 9.17) is 22.1 Å². The summed E-state index contributed by atoms with van der Waals surface area (Å²) in [6, 6.07) is -0.573. The van der Waals surface area contributed by atoms with Gasteiger partial charge in [-0.15, -0.1) is 0 Å². The Balaban J connectivity index is 2.56. The second-order valence-electron chi connectivity index (χ2n) is 2.76. The van der Waals surface area contributed by atoms with Crippen molar-refractivity contribution in [3.8, 4) is 0 Å². The molecule has 0 bridgehead atoms. The van der Waals surface area contributed by atoms with Crippen LogP contribution in [0.25, 0.3) is 0 Å². The summed E-state index contributed by atoms with van der Waals surface area (Å²) >= 11 is 0. The van der Waals surface area contributed by atoms with E-state index in [1.165, 1.54) is 14.2 Å². The van der Waals surface area contributed by atoms with Crippen LogP contribution in [0.5, 0.6) is 0 Å². The predicted octanol–water partition coefficient (Wildman–Crippen LogP) is -1.10. The van der Waals surface area contributed by atoms with Crippen molar-refractivity contribution in [2.24, 2.45) is 0 Å². The minimum Gasteiger partial charge on any atom is -0.388 e. The van der Waals surface area contributed by atoms with Crippen LogP contribution in [-0.4, -0.2) is 58.1 Å². The van der Waals surface area contributed by atoms with Crippen molar-refractivity contribution in [3.05, 3.63) is 0 Å². The monoisotopic (exact) mass is 172 g/mol. The van der Waals surface area contributed by atoms with E-state index < -0.39 is 18.2 Å². The number of rotatable bonds is 2. The Hall–Kier alpha value is -0.0951. The molecule has 4 atom stereocenters. The lowest BCUT2D eigenvalue weighted by Crippen LogP contribution is -2.54. The Morgan fingerprint density at radius 2 is 2.08 bits per heavy atom. The van der Waals surface area contributed by atoms with Gasteiger partial charge in [0.25, 0.3) is 0 Å². The molecule has 1 N–H and O–H groups in total. The normalized spacial score (nSPS) is 42.9. The third-order valence-corrected chi connectivity index (χ3v) is 2.07. The molecule has 1 unspecified atom stereocenters. The quantitative estimate of drug-likeness (QED) is 0.537. The molecule has 1 aliphatic rings. The van der Waals surface area contributed by atoms with Gasteiger partial charge in [-0.1, -0.05) is 0 Å². The highest BCUT2D eigenvalue weighted by molar-refractivity contribution is 6.11. The van der Waals surface area contributed by atoms with E-state index in [2.05, 4.69) is 0 Å². The first-order valence-corrected chi connectivity index (χ1v) is 3.81. The Labute approximate surface area is 73.2 Å². The smallest absolute Gasteiger partial charge is 0.112 e. The molecule has 1 fully saturated rings. The van der Waals surface area contributed by atoms with Crippen LogP contribution in [0, 0.1) is 0 Å². The van der Waals surface area contributed by atoms with Crippen LogP contribution in [0.2, 0.25) is 0 Å². The molecule has 0 aliphatic carbocycles. The van der Waals surface area contributed by atoms with Crippen LogP contribution in [0.4, 0.5) is 0 Å². The number of hydrogen-bond donors (Lipinski definition) is 1. The fraction of sp³-hybridized carbons (Fsp3) is 1.00. The molecule has 12 heavy (non-hydrogen) atoms. The van der Waals surface area contributed by atoms with Crippen molar-refractivity contribution >= 4 is 7.85 Å². The van der Waals surface area contributed by atoms with Gasteiger partial charge >= 0.3 is 0 Å². The highest BCUT2D eigenvalue weighted by Gasteiger charge is 2.37. The standard InChI is InChI=1S/C7H13BO4/c1-10-4-3-12-7(8)6(11-2)5(4)9/h4-7,9H,3H2,1-2H3/t4-,5+,6+,7?/m1/s1. The van der Waals surface area contributed by atoms with Gasteiger partial charge in [0, 0.05) is 20.2 Å². The topological polar surface area (TPSA) is 47.9 Å². The first kappa shape index (κ1) is 9.99. The summed E-state index contributed by atoms with van der Waals surface area (Å²) in [7, 11) is 8.53. The van der Waals surface area contributed by atoms with E-state index in [1.54, 1.807) is 0 Å². The summed E-state index contributed by atoms with van der Waals surface area (Å²) in [5, 5.41) is 9.59. The molecule has 0 spiro atoms. The van der Waals surface area contributed by atoms with Gasteiger partial charge in [0.15, 0.2) is 0 Å². The summed E-state index contributed by atoms with van der Waals surface area (Å²) in [5.41, 5.74) is 0. The van der Waals surface area contributed by atoms with E-state index >= 15 is 0 Å². The van der Waals surface area contributed by atoms with Crippen LogP contribution in [-0.2, 0) is 14.2 Å². The second-order valence-corrected chi connectivity index (χ2v) is 2.76. The fourth-order valence-electron chi connectivity index (χ4n) is 1.29. The SMILES string of the molecule is [B]C1OC[C@@H](OC)[C@H](O)[C@@H]1OC. The lowest BCUT2D eigenvalue weighted by atomic mass is 9.87. The summed E-state index contributed by atoms with van der Waals surface area (Å²) in [5.74, 6) is 0. The molecular weight excluding hydrogens is 159 g/mol. The maximum absolute atomic E-state index is 9.59. The van der Waals surface area contributed by atoms with Gasteiger partial charge < -0.3 is 19.3 Å². The molecule has 68 valence electrons. The van der Waals surface area contributed by atoms with E-state index in [9.17, 15) is 5.11 Å². The Bertz CT molecular complexity index is 143. The van der Waals surface area contributed by atoms with Gasteiger partial charge in [0.05, 0.1) is 6.61 Å². The number of methoxy groups -OCH3 is 2. The molecule has 4 nitrogen and oxygen atoms in total. The highest BCUT2D eigenvalue weighted by Crippen LogP contribution is 2.17. The van der Waals surface area contributed by atoms with Gasteiger partial charge in [-0.3, -0.25) is 0 Å². The second kappa shape index (κ2) is 4.23. The van der Waals surface area contributed by atoms with Crippen LogP contribution < -0.4 is 0 Å². The van der Waals surface area contributed by atoms with Crippen molar-refractivity contribution in [3.63, 3.8) is 0 Å². The molecule has 0 aromatic heterocycles. The third kappa shape index (κ3) is 1.80. The minimum atomic E-state index is -0.719. The molecule has 2 radical (unpaired) electrons. The summed E-state index contributed by atoms with van der Waals surface area (Å²) in [4.78, 5) is 0. The maximum Gasteiger partial charge on any atom is 0.112 e. The number of aliphatic hydroxyl groups excluding tert-OH is 1. The lowest BCUT2D eigenvalue weighted by molar-refractivity contribution is -0.182. The average Bonchev–Trinajstić information content (AvgIpc) is 2.06. The predicted molar refractivity (Wildman–Crippen MR) is 43.1 cm³/mol. The van der Waals surface area contributed by atoms with Gasteiger partial charge in [-0.05, 0) is 0 Å². The molecular formula is C7H13BO4. The van der Waals surface area contributed by atoms with E-state index in [-0.39, 0.29) is 6.10 Å². The van der Waals surface area contributed by atoms with Crippen LogP contribution >= 0.6 is 0 Å². The van der Waals surface area contributed by atoms with E-state index in [1.807, 2.05) is 0 Å². The number of ether oxygens (including phenoxy) is 3. The first-order valence-electron chi connectivity index (χ1n) is 3.81. The molecule has 0 aromatic carbocycles. The summed E-state index contributed by atoms with van der Waals surface area (Å²) in [6.45, 7) is 0.304. The average molecular weight is 172 g/mol. The zero-order chi connectivity index (χ0) is 9.14. The van der Waals surface area contributed by atoms with Gasteiger partial charge in [-0.2, -0.15) is 0 Å². The molecule has 1 rings (SSSR count). The molecule has 0 saturated carbocycles. The highest BCUT2D eigenvalue weighted by atomic mass is 16.6. The largest absolute Gasteiger partial charge is 0.388 e. The van der Waals surface area contributed by atoms with Gasteiger partial charge in [0.1, 0.15) is 26.2 Å². The Kier molecular flexibility index (Phi) is 3.52. The van der Waals surface area contributed by atoms with Gasteiger partial charge in [0.2, 0.25) is 0 Å². The molecule has 1 heterocycles. The fourth-order valence-corrected chi connectivity index (χ4v) is 1.29. The molecule has 5 heteroatoms. The Morgan fingerprint density at radius 3 is 2.58 bits per heavy atom. The third-order valence-electron chi connectivity index (χ3n) is 2.07. The van der Waals surface area contributed by atoms with Crippen molar-refractivity contribution in [2.45, 2.75) is 24.3 Å². The van der Waals surface area contributed by atoms with Crippen molar-refractivity contribution in [1.29, 1.82) is 0 Å². The van der Waals surface area contributed by atoms with E-state index in [0.29, 0.717) is 6.61 Å².